The number of benzene rings is 1. The maximum Gasteiger partial charge on any atom is 0.236 e. The second-order valence-corrected chi connectivity index (χ2v) is 4.51. The first-order chi connectivity index (χ1) is 9.02. The Labute approximate surface area is 114 Å². The second kappa shape index (κ2) is 7.39. The van der Waals surface area contributed by atoms with Crippen molar-refractivity contribution >= 4 is 5.91 Å². The van der Waals surface area contributed by atoms with Crippen LogP contribution < -0.4 is 4.74 Å². The Hall–Kier alpha value is -2.06. The van der Waals surface area contributed by atoms with Crippen LogP contribution in [-0.4, -0.2) is 56.5 Å². The number of hydrogen-bond acceptors (Lipinski definition) is 4. The fourth-order valence-electron chi connectivity index (χ4n) is 1.43. The molecule has 1 amide bonds. The zero-order valence-electron chi connectivity index (χ0n) is 11.6. The number of amides is 1. The van der Waals surface area contributed by atoms with Crippen LogP contribution >= 0.6 is 0 Å². The zero-order valence-corrected chi connectivity index (χ0v) is 11.6. The molecule has 0 fully saturated rings. The van der Waals surface area contributed by atoms with Gasteiger partial charge in [-0.05, 0) is 25.2 Å². The van der Waals surface area contributed by atoms with E-state index in [2.05, 4.69) is 6.07 Å². The number of carbonyl (C=O) groups excluding carboxylic acids is 1. The van der Waals surface area contributed by atoms with E-state index in [1.165, 1.54) is 0 Å². The molecule has 0 unspecified atom stereocenters. The maximum atomic E-state index is 11.5. The van der Waals surface area contributed by atoms with Gasteiger partial charge in [-0.25, -0.2) is 0 Å². The summed E-state index contributed by atoms with van der Waals surface area (Å²) >= 11 is 0. The van der Waals surface area contributed by atoms with Crippen molar-refractivity contribution < 1.29 is 9.53 Å². The summed E-state index contributed by atoms with van der Waals surface area (Å²) in [6.45, 7) is 1.50. The molecule has 0 radical (unpaired) electrons. The molecule has 1 aromatic carbocycles. The fourth-order valence-corrected chi connectivity index (χ4v) is 1.43. The highest BCUT2D eigenvalue weighted by atomic mass is 16.5. The molecule has 0 aromatic heterocycles. The zero-order chi connectivity index (χ0) is 14.3. The molecule has 1 aromatic rings. The Morgan fingerprint density at radius 2 is 2.11 bits per heavy atom. The first-order valence-electron chi connectivity index (χ1n) is 6.04. The first kappa shape index (κ1) is 15.0. The minimum Gasteiger partial charge on any atom is -0.492 e. The van der Waals surface area contributed by atoms with E-state index in [0.29, 0.717) is 31.0 Å². The van der Waals surface area contributed by atoms with E-state index < -0.39 is 0 Å². The Balaban J connectivity index is 2.34. The third kappa shape index (κ3) is 5.40. The van der Waals surface area contributed by atoms with E-state index in [9.17, 15) is 4.79 Å². The van der Waals surface area contributed by atoms with Crippen LogP contribution in [0, 0.1) is 11.3 Å². The van der Waals surface area contributed by atoms with E-state index in [1.54, 1.807) is 37.2 Å². The number of rotatable bonds is 6. The van der Waals surface area contributed by atoms with Crippen LogP contribution in [0.1, 0.15) is 5.56 Å². The summed E-state index contributed by atoms with van der Waals surface area (Å²) in [6.07, 6.45) is 0. The lowest BCUT2D eigenvalue weighted by molar-refractivity contribution is -0.129. The van der Waals surface area contributed by atoms with E-state index in [4.69, 9.17) is 10.00 Å². The number of nitrogens with zero attached hydrogens (tertiary/aromatic N) is 3. The first-order valence-corrected chi connectivity index (χ1v) is 6.04. The maximum absolute atomic E-state index is 11.5. The third-order valence-electron chi connectivity index (χ3n) is 2.61. The van der Waals surface area contributed by atoms with Gasteiger partial charge in [0.2, 0.25) is 5.91 Å². The minimum absolute atomic E-state index is 0.0639. The highest BCUT2D eigenvalue weighted by Gasteiger charge is 2.08. The molecule has 0 aliphatic carbocycles. The van der Waals surface area contributed by atoms with Gasteiger partial charge in [0, 0.05) is 20.6 Å². The summed E-state index contributed by atoms with van der Waals surface area (Å²) in [5.74, 6) is 0.736. The third-order valence-corrected chi connectivity index (χ3v) is 2.61. The van der Waals surface area contributed by atoms with Gasteiger partial charge in [0.15, 0.2) is 0 Å². The summed E-state index contributed by atoms with van der Waals surface area (Å²) in [5, 5.41) is 8.77. The van der Waals surface area contributed by atoms with Crippen LogP contribution in [-0.2, 0) is 4.79 Å². The number of likely N-dealkylation sites (N-methyl/N-ethyl adjacent to an activating group) is 2. The normalized spacial score (nSPS) is 10.1. The number of nitriles is 1. The van der Waals surface area contributed by atoms with Crippen molar-refractivity contribution in [2.24, 2.45) is 0 Å². The molecule has 0 bridgehead atoms. The number of carbonyl (C=O) groups is 1. The van der Waals surface area contributed by atoms with Crippen molar-refractivity contribution in [1.29, 1.82) is 5.26 Å². The number of hydrogen-bond donors (Lipinski definition) is 0. The fraction of sp³-hybridized carbons (Fsp3) is 0.429. The molecule has 0 atom stereocenters. The van der Waals surface area contributed by atoms with Crippen molar-refractivity contribution in [2.45, 2.75) is 0 Å². The van der Waals surface area contributed by atoms with Gasteiger partial charge in [-0.3, -0.25) is 9.69 Å². The Kier molecular flexibility index (Phi) is 5.83. The van der Waals surface area contributed by atoms with Gasteiger partial charge >= 0.3 is 0 Å². The lowest BCUT2D eigenvalue weighted by atomic mass is 10.2. The molecular formula is C14H19N3O2. The van der Waals surface area contributed by atoms with Crippen LogP contribution in [0.25, 0.3) is 0 Å². The smallest absolute Gasteiger partial charge is 0.236 e. The van der Waals surface area contributed by atoms with E-state index in [0.717, 1.165) is 0 Å². The Bertz CT molecular complexity index is 466. The molecule has 0 aliphatic heterocycles. The predicted octanol–water partition coefficient (Wildman–Crippen LogP) is 0.957. The van der Waals surface area contributed by atoms with Crippen LogP contribution in [0.2, 0.25) is 0 Å². The van der Waals surface area contributed by atoms with E-state index in [-0.39, 0.29) is 5.91 Å². The van der Waals surface area contributed by atoms with Crippen LogP contribution in [0.15, 0.2) is 24.3 Å². The molecule has 0 aliphatic rings. The average molecular weight is 261 g/mol. The summed E-state index contributed by atoms with van der Waals surface area (Å²) in [7, 11) is 5.34. The van der Waals surface area contributed by atoms with Gasteiger partial charge < -0.3 is 9.64 Å². The molecule has 1 rings (SSSR count). The average Bonchev–Trinajstić information content (AvgIpc) is 2.38. The molecule has 0 spiro atoms. The largest absolute Gasteiger partial charge is 0.492 e. The minimum atomic E-state index is 0.0639. The van der Waals surface area contributed by atoms with E-state index in [1.807, 2.05) is 18.0 Å². The van der Waals surface area contributed by atoms with Crippen LogP contribution in [0.5, 0.6) is 5.75 Å². The molecule has 0 heterocycles. The lowest BCUT2D eigenvalue weighted by Crippen LogP contribution is -2.36. The Morgan fingerprint density at radius 3 is 2.74 bits per heavy atom. The molecule has 0 saturated heterocycles. The second-order valence-electron chi connectivity index (χ2n) is 4.51. The SMILES string of the molecule is CN(CCOc1cccc(C#N)c1)CC(=O)N(C)C. The molecule has 5 heteroatoms. The molecule has 0 saturated carbocycles. The summed E-state index contributed by atoms with van der Waals surface area (Å²) in [6, 6.07) is 9.09. The van der Waals surface area contributed by atoms with Gasteiger partial charge in [-0.2, -0.15) is 5.26 Å². The monoisotopic (exact) mass is 261 g/mol. The van der Waals surface area contributed by atoms with Gasteiger partial charge in [0.1, 0.15) is 12.4 Å². The van der Waals surface area contributed by atoms with Crippen molar-refractivity contribution in [3.05, 3.63) is 29.8 Å². The quantitative estimate of drug-likeness (QED) is 0.765. The Morgan fingerprint density at radius 1 is 1.37 bits per heavy atom. The van der Waals surface area contributed by atoms with Gasteiger partial charge in [0.05, 0.1) is 18.2 Å². The van der Waals surface area contributed by atoms with Gasteiger partial charge in [0.25, 0.3) is 0 Å². The molecule has 0 N–H and O–H groups in total. The summed E-state index contributed by atoms with van der Waals surface area (Å²) < 4.78 is 5.54. The molecular weight excluding hydrogens is 242 g/mol. The molecule has 102 valence electrons. The van der Waals surface area contributed by atoms with Crippen molar-refractivity contribution in [2.75, 3.05) is 40.8 Å². The summed E-state index contributed by atoms with van der Waals surface area (Å²) in [4.78, 5) is 14.9. The highest BCUT2D eigenvalue weighted by molar-refractivity contribution is 5.77. The predicted molar refractivity (Wildman–Crippen MR) is 72.8 cm³/mol. The highest BCUT2D eigenvalue weighted by Crippen LogP contribution is 2.12. The topological polar surface area (TPSA) is 56.6 Å². The van der Waals surface area contributed by atoms with Crippen LogP contribution in [0.4, 0.5) is 0 Å². The van der Waals surface area contributed by atoms with Crippen molar-refractivity contribution in [3.63, 3.8) is 0 Å². The molecule has 5 nitrogen and oxygen atoms in total. The van der Waals surface area contributed by atoms with Crippen molar-refractivity contribution in [1.82, 2.24) is 9.80 Å². The standard InChI is InChI=1S/C14H19N3O2/c1-16(2)14(18)11-17(3)7-8-19-13-6-4-5-12(9-13)10-15/h4-6,9H,7-8,11H2,1-3H3. The lowest BCUT2D eigenvalue weighted by Gasteiger charge is -2.18. The molecule has 19 heavy (non-hydrogen) atoms. The number of ether oxygens (including phenoxy) is 1. The van der Waals surface area contributed by atoms with Crippen LogP contribution in [0.3, 0.4) is 0 Å². The van der Waals surface area contributed by atoms with E-state index >= 15 is 0 Å². The van der Waals surface area contributed by atoms with Gasteiger partial charge in [-0.1, -0.05) is 6.07 Å². The summed E-state index contributed by atoms with van der Waals surface area (Å²) in [5.41, 5.74) is 0.577. The van der Waals surface area contributed by atoms with Crippen molar-refractivity contribution in [3.8, 4) is 11.8 Å². The van der Waals surface area contributed by atoms with Gasteiger partial charge in [-0.15, -0.1) is 0 Å².